The molecular weight excluding hydrogens is 333 g/mol. The summed E-state index contributed by atoms with van der Waals surface area (Å²) in [5, 5.41) is 11.3. The number of carbonyl (C=O) groups is 1. The first-order valence-corrected chi connectivity index (χ1v) is 8.45. The molecule has 24 heavy (non-hydrogen) atoms. The van der Waals surface area contributed by atoms with Crippen LogP contribution in [0.15, 0.2) is 53.4 Å². The van der Waals surface area contributed by atoms with Crippen molar-refractivity contribution < 1.29 is 17.6 Å². The fraction of sp³-hybridized carbons (Fsp3) is 0.125. The number of hydrogen-bond donors (Lipinski definition) is 2. The van der Waals surface area contributed by atoms with Crippen molar-refractivity contribution in [2.75, 3.05) is 11.9 Å². The van der Waals surface area contributed by atoms with Crippen LogP contribution in [0.1, 0.15) is 12.0 Å². The van der Waals surface area contributed by atoms with E-state index < -0.39 is 26.6 Å². The van der Waals surface area contributed by atoms with Crippen LogP contribution in [0.2, 0.25) is 0 Å². The quantitative estimate of drug-likeness (QED) is 0.835. The molecule has 0 aliphatic rings. The molecule has 2 aromatic rings. The summed E-state index contributed by atoms with van der Waals surface area (Å²) in [7, 11) is -4.01. The Kier molecular flexibility index (Phi) is 5.63. The predicted octanol–water partition coefficient (Wildman–Crippen LogP) is 2.00. The zero-order valence-electron chi connectivity index (χ0n) is 12.5. The lowest BCUT2D eigenvalue weighted by Gasteiger charge is -2.08. The highest BCUT2D eigenvalue weighted by Gasteiger charge is 2.18. The highest BCUT2D eigenvalue weighted by molar-refractivity contribution is 7.89. The number of halogens is 1. The summed E-state index contributed by atoms with van der Waals surface area (Å²) in [6.07, 6.45) is -0.117. The topological polar surface area (TPSA) is 99.1 Å². The summed E-state index contributed by atoms with van der Waals surface area (Å²) in [6.45, 7) is -0.168. The van der Waals surface area contributed by atoms with Gasteiger partial charge in [0, 0.05) is 18.7 Å². The average Bonchev–Trinajstić information content (AvgIpc) is 2.55. The van der Waals surface area contributed by atoms with Gasteiger partial charge in [0.25, 0.3) is 0 Å². The number of rotatable bonds is 6. The van der Waals surface area contributed by atoms with Crippen LogP contribution in [0.3, 0.4) is 0 Å². The SMILES string of the molecule is N#Cc1ccc(NC(=O)CCNS(=O)(=O)c2ccccc2F)cc1. The number of amides is 1. The number of hydrogen-bond acceptors (Lipinski definition) is 4. The molecule has 2 N–H and O–H groups in total. The van der Waals surface area contributed by atoms with Crippen LogP contribution in [0.4, 0.5) is 10.1 Å². The van der Waals surface area contributed by atoms with E-state index in [0.29, 0.717) is 11.3 Å². The second-order valence-electron chi connectivity index (χ2n) is 4.82. The van der Waals surface area contributed by atoms with Gasteiger partial charge in [-0.2, -0.15) is 5.26 Å². The van der Waals surface area contributed by atoms with E-state index in [2.05, 4.69) is 10.0 Å². The second kappa shape index (κ2) is 7.68. The maximum absolute atomic E-state index is 13.5. The van der Waals surface area contributed by atoms with Gasteiger partial charge in [-0.25, -0.2) is 17.5 Å². The van der Waals surface area contributed by atoms with Crippen LogP contribution in [-0.4, -0.2) is 20.9 Å². The first-order valence-electron chi connectivity index (χ1n) is 6.96. The average molecular weight is 347 g/mol. The molecule has 0 fully saturated rings. The Hall–Kier alpha value is -2.76. The lowest BCUT2D eigenvalue weighted by atomic mass is 10.2. The van der Waals surface area contributed by atoms with E-state index in [1.165, 1.54) is 12.1 Å². The van der Waals surface area contributed by atoms with Crippen molar-refractivity contribution in [3.63, 3.8) is 0 Å². The Morgan fingerprint density at radius 3 is 2.42 bits per heavy atom. The number of nitrogens with one attached hydrogen (secondary N) is 2. The fourth-order valence-electron chi connectivity index (χ4n) is 1.89. The Labute approximate surface area is 139 Å². The predicted molar refractivity (Wildman–Crippen MR) is 86.0 cm³/mol. The van der Waals surface area contributed by atoms with Crippen molar-refractivity contribution >= 4 is 21.6 Å². The Balaban J connectivity index is 1.88. The molecule has 0 aliphatic carbocycles. The number of carbonyl (C=O) groups excluding carboxylic acids is 1. The molecule has 0 radical (unpaired) electrons. The van der Waals surface area contributed by atoms with Crippen molar-refractivity contribution in [1.82, 2.24) is 4.72 Å². The van der Waals surface area contributed by atoms with E-state index in [-0.39, 0.29) is 13.0 Å². The molecule has 1 amide bonds. The Morgan fingerprint density at radius 2 is 1.79 bits per heavy atom. The number of nitrogens with zero attached hydrogens (tertiary/aromatic N) is 1. The minimum atomic E-state index is -4.01. The monoisotopic (exact) mass is 347 g/mol. The molecule has 0 heterocycles. The molecule has 0 bridgehead atoms. The summed E-state index contributed by atoms with van der Waals surface area (Å²) in [6, 6.07) is 13.2. The van der Waals surface area contributed by atoms with E-state index >= 15 is 0 Å². The summed E-state index contributed by atoms with van der Waals surface area (Å²) in [5.41, 5.74) is 0.960. The molecule has 0 saturated carbocycles. The molecule has 2 aromatic carbocycles. The fourth-order valence-corrected chi connectivity index (χ4v) is 3.00. The highest BCUT2D eigenvalue weighted by atomic mass is 32.2. The lowest BCUT2D eigenvalue weighted by Crippen LogP contribution is -2.28. The van der Waals surface area contributed by atoms with Crippen LogP contribution in [0.25, 0.3) is 0 Å². The number of anilines is 1. The maximum atomic E-state index is 13.5. The second-order valence-corrected chi connectivity index (χ2v) is 6.55. The zero-order valence-corrected chi connectivity index (χ0v) is 13.3. The normalized spacial score (nSPS) is 10.8. The van der Waals surface area contributed by atoms with Gasteiger partial charge in [0.15, 0.2) is 0 Å². The van der Waals surface area contributed by atoms with E-state index in [1.807, 2.05) is 6.07 Å². The molecule has 0 aromatic heterocycles. The molecule has 6 nitrogen and oxygen atoms in total. The first-order chi connectivity index (χ1) is 11.4. The molecule has 8 heteroatoms. The molecule has 0 aliphatic heterocycles. The molecule has 0 saturated heterocycles. The standard InChI is InChI=1S/C16H14FN3O3S/c17-14-3-1-2-4-15(14)24(22,23)19-10-9-16(21)20-13-7-5-12(11-18)6-8-13/h1-8,19H,9-10H2,(H,20,21). The van der Waals surface area contributed by atoms with Crippen LogP contribution >= 0.6 is 0 Å². The number of sulfonamides is 1. The molecule has 0 unspecified atom stereocenters. The third-order valence-electron chi connectivity index (χ3n) is 3.07. The molecule has 0 atom stereocenters. The van der Waals surface area contributed by atoms with Crippen LogP contribution < -0.4 is 10.0 Å². The molecular formula is C16H14FN3O3S. The van der Waals surface area contributed by atoms with Gasteiger partial charge in [-0.3, -0.25) is 4.79 Å². The summed E-state index contributed by atoms with van der Waals surface area (Å²) in [4.78, 5) is 11.3. The Bertz CT molecular complexity index is 874. The number of benzene rings is 2. The smallest absolute Gasteiger partial charge is 0.243 e. The summed E-state index contributed by atoms with van der Waals surface area (Å²) < 4.78 is 39.6. The van der Waals surface area contributed by atoms with Gasteiger partial charge in [0.2, 0.25) is 15.9 Å². The van der Waals surface area contributed by atoms with Crippen LogP contribution in [0, 0.1) is 17.1 Å². The summed E-state index contributed by atoms with van der Waals surface area (Å²) in [5.74, 6) is -1.26. The zero-order chi connectivity index (χ0) is 17.6. The van der Waals surface area contributed by atoms with Crippen LogP contribution in [-0.2, 0) is 14.8 Å². The van der Waals surface area contributed by atoms with Gasteiger partial charge < -0.3 is 5.32 Å². The van der Waals surface area contributed by atoms with Gasteiger partial charge in [0.05, 0.1) is 11.6 Å². The third-order valence-corrected chi connectivity index (χ3v) is 4.56. The van der Waals surface area contributed by atoms with E-state index in [1.54, 1.807) is 24.3 Å². The van der Waals surface area contributed by atoms with Gasteiger partial charge in [-0.1, -0.05) is 12.1 Å². The molecule has 124 valence electrons. The van der Waals surface area contributed by atoms with Crippen molar-refractivity contribution in [1.29, 1.82) is 5.26 Å². The van der Waals surface area contributed by atoms with Gasteiger partial charge in [-0.15, -0.1) is 0 Å². The van der Waals surface area contributed by atoms with Crippen LogP contribution in [0.5, 0.6) is 0 Å². The van der Waals surface area contributed by atoms with E-state index in [0.717, 1.165) is 12.1 Å². The van der Waals surface area contributed by atoms with E-state index in [9.17, 15) is 17.6 Å². The van der Waals surface area contributed by atoms with Gasteiger partial charge in [0.1, 0.15) is 10.7 Å². The van der Waals surface area contributed by atoms with Crippen molar-refractivity contribution in [3.05, 3.63) is 59.9 Å². The van der Waals surface area contributed by atoms with E-state index in [4.69, 9.17) is 5.26 Å². The maximum Gasteiger partial charge on any atom is 0.243 e. The van der Waals surface area contributed by atoms with Crippen molar-refractivity contribution in [3.8, 4) is 6.07 Å². The third kappa shape index (κ3) is 4.62. The van der Waals surface area contributed by atoms with Gasteiger partial charge in [-0.05, 0) is 36.4 Å². The highest BCUT2D eigenvalue weighted by Crippen LogP contribution is 2.13. The Morgan fingerprint density at radius 1 is 1.12 bits per heavy atom. The minimum Gasteiger partial charge on any atom is -0.326 e. The van der Waals surface area contributed by atoms with Gasteiger partial charge >= 0.3 is 0 Å². The summed E-state index contributed by atoms with van der Waals surface area (Å²) >= 11 is 0. The van der Waals surface area contributed by atoms with Crippen molar-refractivity contribution in [2.24, 2.45) is 0 Å². The molecule has 2 rings (SSSR count). The molecule has 0 spiro atoms. The number of nitriles is 1. The minimum absolute atomic E-state index is 0.117. The first kappa shape index (κ1) is 17.6. The van der Waals surface area contributed by atoms with Crippen molar-refractivity contribution in [2.45, 2.75) is 11.3 Å². The lowest BCUT2D eigenvalue weighted by molar-refractivity contribution is -0.116. The largest absolute Gasteiger partial charge is 0.326 e.